The quantitative estimate of drug-likeness (QED) is 0.311. The summed E-state index contributed by atoms with van der Waals surface area (Å²) in [4.78, 5) is -0.241. The molecule has 1 fully saturated rings. The summed E-state index contributed by atoms with van der Waals surface area (Å²) in [5, 5.41) is 19.2. The highest BCUT2D eigenvalue weighted by molar-refractivity contribution is 9.10. The Morgan fingerprint density at radius 2 is 2.04 bits per heavy atom. The van der Waals surface area contributed by atoms with Crippen LogP contribution in [0.1, 0.15) is 12.8 Å². The highest BCUT2D eigenvalue weighted by Crippen LogP contribution is 2.27. The van der Waals surface area contributed by atoms with Gasteiger partial charge in [-0.1, -0.05) is 0 Å². The fourth-order valence-electron chi connectivity index (χ4n) is 2.26. The first-order chi connectivity index (χ1) is 10.9. The highest BCUT2D eigenvalue weighted by atomic mass is 79.9. The molecule has 0 aromatic heterocycles. The minimum absolute atomic E-state index is 0.241. The van der Waals surface area contributed by atoms with Crippen LogP contribution in [0.25, 0.3) is 0 Å². The molecule has 1 atom stereocenters. The molecule has 1 unspecified atom stereocenters. The van der Waals surface area contributed by atoms with Crippen molar-refractivity contribution in [2.75, 3.05) is 38.0 Å². The second kappa shape index (κ2) is 8.50. The van der Waals surface area contributed by atoms with Crippen molar-refractivity contribution in [3.05, 3.63) is 22.4 Å². The molecule has 0 aliphatic carbocycles. The average molecular weight is 410 g/mol. The second-order valence-corrected chi connectivity index (χ2v) is 7.44. The molecule has 6 nitrogen and oxygen atoms in total. The van der Waals surface area contributed by atoms with Crippen molar-refractivity contribution >= 4 is 32.7 Å². The zero-order chi connectivity index (χ0) is 16.9. The summed E-state index contributed by atoms with van der Waals surface area (Å²) < 4.78 is 34.1. The van der Waals surface area contributed by atoms with Gasteiger partial charge in [0.2, 0.25) is 0 Å². The van der Waals surface area contributed by atoms with Crippen LogP contribution >= 0.6 is 15.9 Å². The van der Waals surface area contributed by atoms with Crippen LogP contribution in [0.2, 0.25) is 0 Å². The first kappa shape index (κ1) is 18.8. The molecular weight excluding hydrogens is 389 g/mol. The molecular formula is C14H21BrFN3O3S. The molecule has 9 heteroatoms. The van der Waals surface area contributed by atoms with Crippen molar-refractivity contribution in [1.29, 1.82) is 0 Å². The number of anilines is 1. The Bertz CT molecular complexity index is 572. The summed E-state index contributed by atoms with van der Waals surface area (Å²) in [5.41, 5.74) is -0.0469. The Hall–Kier alpha value is -0.580. The highest BCUT2D eigenvalue weighted by Gasteiger charge is 2.33. The van der Waals surface area contributed by atoms with E-state index in [9.17, 15) is 13.7 Å². The number of hydrogen-bond donors (Lipinski definition) is 5. The molecule has 0 saturated carbocycles. The minimum atomic E-state index is -2.34. The van der Waals surface area contributed by atoms with Gasteiger partial charge in [-0.05, 0) is 47.4 Å². The number of hydrogen-bond acceptors (Lipinski definition) is 5. The molecule has 0 amide bonds. The van der Waals surface area contributed by atoms with Crippen molar-refractivity contribution in [3.8, 4) is 0 Å². The predicted molar refractivity (Wildman–Crippen MR) is 91.6 cm³/mol. The fraction of sp³-hybridized carbons (Fsp3) is 0.571. The zero-order valence-corrected chi connectivity index (χ0v) is 15.0. The van der Waals surface area contributed by atoms with Gasteiger partial charge in [-0.3, -0.25) is 0 Å². The van der Waals surface area contributed by atoms with Crippen molar-refractivity contribution in [1.82, 2.24) is 10.6 Å². The average Bonchev–Trinajstić information content (AvgIpc) is 2.47. The number of benzene rings is 1. The van der Waals surface area contributed by atoms with Gasteiger partial charge in [0.25, 0.3) is 0 Å². The van der Waals surface area contributed by atoms with Crippen LogP contribution in [0.15, 0.2) is 21.5 Å². The van der Waals surface area contributed by atoms with E-state index in [-0.39, 0.29) is 4.90 Å². The molecule has 1 aliphatic heterocycles. The van der Waals surface area contributed by atoms with Crippen LogP contribution in [-0.2, 0) is 11.1 Å². The lowest BCUT2D eigenvalue weighted by atomic mass is 9.97. The summed E-state index contributed by atoms with van der Waals surface area (Å²) in [6.45, 7) is 3.32. The molecule has 0 spiro atoms. The fourth-order valence-corrected chi connectivity index (χ4v) is 3.34. The maximum absolute atomic E-state index is 13.7. The van der Waals surface area contributed by atoms with Gasteiger partial charge in [-0.25, -0.2) is 8.60 Å². The van der Waals surface area contributed by atoms with Gasteiger partial charge in [-0.2, -0.15) is 0 Å². The molecule has 1 aromatic carbocycles. The van der Waals surface area contributed by atoms with Gasteiger partial charge < -0.3 is 25.6 Å². The zero-order valence-electron chi connectivity index (χ0n) is 12.6. The number of rotatable bonds is 9. The molecule has 130 valence electrons. The van der Waals surface area contributed by atoms with Crippen molar-refractivity contribution in [2.45, 2.75) is 23.3 Å². The van der Waals surface area contributed by atoms with E-state index in [0.29, 0.717) is 36.3 Å². The van der Waals surface area contributed by atoms with Crippen LogP contribution < -0.4 is 16.0 Å². The van der Waals surface area contributed by atoms with Gasteiger partial charge in [-0.15, -0.1) is 0 Å². The normalized spacial score (nSPS) is 17.6. The van der Waals surface area contributed by atoms with Gasteiger partial charge in [0.05, 0.1) is 5.69 Å². The standard InChI is InChI=1S/C14H21BrFN3O3S/c15-10-5-13(23(21)22)11(16)6-12(10)19-4-2-1-3-17-7-14(20)8-18-9-14/h5-6,17-20H,1-4,7-9H2,(H,21,22). The molecule has 1 aromatic rings. The molecule has 23 heavy (non-hydrogen) atoms. The number of aliphatic hydroxyl groups is 1. The molecule has 5 N–H and O–H groups in total. The van der Waals surface area contributed by atoms with Crippen LogP contribution in [-0.4, -0.2) is 52.2 Å². The topological polar surface area (TPSA) is 93.6 Å². The van der Waals surface area contributed by atoms with Gasteiger partial charge in [0, 0.05) is 30.7 Å². The minimum Gasteiger partial charge on any atom is -0.386 e. The molecule has 0 bridgehead atoms. The Morgan fingerprint density at radius 3 is 2.65 bits per heavy atom. The van der Waals surface area contributed by atoms with Crippen molar-refractivity contribution < 1.29 is 18.3 Å². The van der Waals surface area contributed by atoms with E-state index >= 15 is 0 Å². The maximum Gasteiger partial charge on any atom is 0.189 e. The van der Waals surface area contributed by atoms with Gasteiger partial charge >= 0.3 is 0 Å². The largest absolute Gasteiger partial charge is 0.386 e. The monoisotopic (exact) mass is 409 g/mol. The third-order valence-corrected chi connectivity index (χ3v) is 5.01. The van der Waals surface area contributed by atoms with E-state index in [2.05, 4.69) is 31.9 Å². The Labute approximate surface area is 145 Å². The summed E-state index contributed by atoms with van der Waals surface area (Å²) in [6, 6.07) is 2.52. The molecule has 1 heterocycles. The number of halogens is 2. The molecule has 1 aliphatic rings. The van der Waals surface area contributed by atoms with E-state index in [1.807, 2.05) is 0 Å². The third-order valence-electron chi connectivity index (χ3n) is 3.67. The Balaban J connectivity index is 1.66. The molecule has 1 saturated heterocycles. The van der Waals surface area contributed by atoms with Crippen molar-refractivity contribution in [2.24, 2.45) is 0 Å². The number of nitrogens with one attached hydrogen (secondary N) is 3. The molecule has 0 radical (unpaired) electrons. The van der Waals surface area contributed by atoms with Gasteiger partial charge in [0.15, 0.2) is 11.1 Å². The summed E-state index contributed by atoms with van der Waals surface area (Å²) in [5.74, 6) is -0.708. The van der Waals surface area contributed by atoms with Crippen molar-refractivity contribution in [3.63, 3.8) is 0 Å². The summed E-state index contributed by atoms with van der Waals surface area (Å²) in [6.07, 6.45) is 1.81. The third kappa shape index (κ3) is 5.47. The second-order valence-electron chi connectivity index (χ2n) is 5.65. The Morgan fingerprint density at radius 1 is 1.35 bits per heavy atom. The van der Waals surface area contributed by atoms with Crippen LogP contribution in [0.3, 0.4) is 0 Å². The van der Waals surface area contributed by atoms with Crippen LogP contribution in [0.4, 0.5) is 10.1 Å². The van der Waals surface area contributed by atoms with Gasteiger partial charge in [0.1, 0.15) is 16.3 Å². The lowest BCUT2D eigenvalue weighted by molar-refractivity contribution is -0.00821. The van der Waals surface area contributed by atoms with E-state index in [1.54, 1.807) is 0 Å². The molecule has 2 rings (SSSR count). The smallest absolute Gasteiger partial charge is 0.189 e. The van der Waals surface area contributed by atoms with E-state index in [1.165, 1.54) is 12.1 Å². The Kier molecular flexibility index (Phi) is 6.93. The summed E-state index contributed by atoms with van der Waals surface area (Å²) >= 11 is 0.919. The van der Waals surface area contributed by atoms with E-state index in [0.717, 1.165) is 19.4 Å². The predicted octanol–water partition coefficient (Wildman–Crippen LogP) is 1.28. The van der Waals surface area contributed by atoms with Crippen LogP contribution in [0, 0.1) is 5.82 Å². The van der Waals surface area contributed by atoms with Crippen LogP contribution in [0.5, 0.6) is 0 Å². The number of unbranched alkanes of at least 4 members (excludes halogenated alkanes) is 1. The van der Waals surface area contributed by atoms with E-state index in [4.69, 9.17) is 4.55 Å². The first-order valence-corrected chi connectivity index (χ1v) is 9.29. The first-order valence-electron chi connectivity index (χ1n) is 7.39. The van der Waals surface area contributed by atoms with E-state index < -0.39 is 22.5 Å². The SMILES string of the molecule is O=S(O)c1cc(Br)c(NCCCCNCC2(O)CNC2)cc1F. The maximum atomic E-state index is 13.7. The lowest BCUT2D eigenvalue weighted by Gasteiger charge is -2.37. The number of β-amino-alcohol motifs (C(OH)–C–C–N with tert-alkyl or cyclic N) is 1. The lowest BCUT2D eigenvalue weighted by Crippen LogP contribution is -2.64. The summed E-state index contributed by atoms with van der Waals surface area (Å²) in [7, 11) is 0.